The van der Waals surface area contributed by atoms with Crippen molar-refractivity contribution in [1.82, 2.24) is 0 Å². The third-order valence-electron chi connectivity index (χ3n) is 3.82. The van der Waals surface area contributed by atoms with Crippen LogP contribution in [0.1, 0.15) is 44.1 Å². The molecule has 0 aromatic heterocycles. The molecule has 1 aromatic carbocycles. The molecule has 0 bridgehead atoms. The molecule has 0 heterocycles. The largest absolute Gasteiger partial charge is 0.299 e. The number of nitro benzene ring substituents is 1. The molecule has 0 N–H and O–H groups in total. The highest BCUT2D eigenvalue weighted by Crippen LogP contribution is 2.27. The molecule has 0 aliphatic heterocycles. The lowest BCUT2D eigenvalue weighted by Crippen LogP contribution is -2.14. The number of rotatable bonds is 5. The number of benzene rings is 1. The molecule has 0 atom stereocenters. The van der Waals surface area contributed by atoms with Gasteiger partial charge in [-0.1, -0.05) is 50.3 Å². The fraction of sp³-hybridized carbons (Fsp3) is 0.533. The zero-order valence-corrected chi connectivity index (χ0v) is 11.0. The fourth-order valence-electron chi connectivity index (χ4n) is 2.84. The molecule has 19 heavy (non-hydrogen) atoms. The molecule has 0 unspecified atom stereocenters. The predicted molar refractivity (Wildman–Crippen MR) is 73.0 cm³/mol. The van der Waals surface area contributed by atoms with Gasteiger partial charge in [-0.15, -0.1) is 0 Å². The molecule has 1 fully saturated rings. The van der Waals surface area contributed by atoms with Crippen LogP contribution >= 0.6 is 0 Å². The Morgan fingerprint density at radius 2 is 1.89 bits per heavy atom. The van der Waals surface area contributed by atoms with Gasteiger partial charge >= 0.3 is 0 Å². The molecule has 0 saturated heterocycles. The lowest BCUT2D eigenvalue weighted by atomic mass is 9.85. The van der Waals surface area contributed by atoms with Crippen molar-refractivity contribution in [3.63, 3.8) is 0 Å². The number of ketones is 1. The smallest absolute Gasteiger partial charge is 0.273 e. The third kappa shape index (κ3) is 3.88. The van der Waals surface area contributed by atoms with Crippen molar-refractivity contribution in [2.24, 2.45) is 5.92 Å². The molecule has 0 amide bonds. The number of Topliss-reactive ketones (excluding diaryl/α,β-unsaturated/α-hetero) is 1. The number of hydrogen-bond acceptors (Lipinski definition) is 3. The summed E-state index contributed by atoms with van der Waals surface area (Å²) in [6.07, 6.45) is 6.71. The van der Waals surface area contributed by atoms with Crippen LogP contribution in [0.3, 0.4) is 0 Å². The van der Waals surface area contributed by atoms with Crippen molar-refractivity contribution in [3.05, 3.63) is 39.9 Å². The standard InChI is InChI=1S/C15H19NO3/c17-14(10-12-6-2-1-3-7-12)11-13-8-4-5-9-15(13)16(18)19/h4-5,8-9,12H,1-3,6-7,10-11H2. The molecular weight excluding hydrogens is 242 g/mol. The molecule has 0 spiro atoms. The first-order chi connectivity index (χ1) is 9.16. The van der Waals surface area contributed by atoms with Gasteiger partial charge in [0.05, 0.1) is 4.92 Å². The number of carbonyl (C=O) groups is 1. The maximum atomic E-state index is 12.0. The summed E-state index contributed by atoms with van der Waals surface area (Å²) < 4.78 is 0. The summed E-state index contributed by atoms with van der Waals surface area (Å²) >= 11 is 0. The van der Waals surface area contributed by atoms with Gasteiger partial charge < -0.3 is 0 Å². The van der Waals surface area contributed by atoms with Gasteiger partial charge in [0.15, 0.2) is 0 Å². The summed E-state index contributed by atoms with van der Waals surface area (Å²) in [6, 6.07) is 6.52. The van der Waals surface area contributed by atoms with E-state index in [0.29, 0.717) is 17.9 Å². The van der Waals surface area contributed by atoms with Gasteiger partial charge in [-0.05, 0) is 5.92 Å². The van der Waals surface area contributed by atoms with E-state index >= 15 is 0 Å². The van der Waals surface area contributed by atoms with Crippen LogP contribution in [-0.2, 0) is 11.2 Å². The molecule has 102 valence electrons. The first kappa shape index (κ1) is 13.7. The van der Waals surface area contributed by atoms with Gasteiger partial charge in [-0.25, -0.2) is 0 Å². The van der Waals surface area contributed by atoms with Gasteiger partial charge in [0.25, 0.3) is 5.69 Å². The van der Waals surface area contributed by atoms with Crippen LogP contribution in [-0.4, -0.2) is 10.7 Å². The Kier molecular flexibility index (Phi) is 4.66. The van der Waals surface area contributed by atoms with Gasteiger partial charge in [0, 0.05) is 24.5 Å². The number of nitrogens with zero attached hydrogens (tertiary/aromatic N) is 1. The molecule has 0 radical (unpaired) electrons. The zero-order chi connectivity index (χ0) is 13.7. The maximum absolute atomic E-state index is 12.0. The van der Waals surface area contributed by atoms with Gasteiger partial charge in [0.2, 0.25) is 0 Å². The van der Waals surface area contributed by atoms with Crippen molar-refractivity contribution in [2.75, 3.05) is 0 Å². The average Bonchev–Trinajstić information content (AvgIpc) is 2.40. The second-order valence-electron chi connectivity index (χ2n) is 5.31. The predicted octanol–water partition coefficient (Wildman–Crippen LogP) is 3.68. The van der Waals surface area contributed by atoms with Gasteiger partial charge in [-0.2, -0.15) is 0 Å². The summed E-state index contributed by atoms with van der Waals surface area (Å²) in [7, 11) is 0. The van der Waals surface area contributed by atoms with Crippen LogP contribution in [0.25, 0.3) is 0 Å². The van der Waals surface area contributed by atoms with E-state index in [1.807, 2.05) is 0 Å². The molecule has 1 aliphatic carbocycles. The second-order valence-corrected chi connectivity index (χ2v) is 5.31. The minimum absolute atomic E-state index is 0.0551. The minimum atomic E-state index is -0.413. The summed E-state index contributed by atoms with van der Waals surface area (Å²) in [4.78, 5) is 22.5. The van der Waals surface area contributed by atoms with E-state index in [1.54, 1.807) is 18.2 Å². The molecule has 1 saturated carbocycles. The maximum Gasteiger partial charge on any atom is 0.273 e. The number of para-hydroxylation sites is 1. The topological polar surface area (TPSA) is 60.2 Å². The lowest BCUT2D eigenvalue weighted by Gasteiger charge is -2.20. The summed E-state index contributed by atoms with van der Waals surface area (Å²) in [5.74, 6) is 0.616. The highest BCUT2D eigenvalue weighted by Gasteiger charge is 2.20. The van der Waals surface area contributed by atoms with Crippen LogP contribution in [0.15, 0.2) is 24.3 Å². The molecule has 1 aliphatic rings. The molecule has 4 heteroatoms. The van der Waals surface area contributed by atoms with Crippen molar-refractivity contribution in [2.45, 2.75) is 44.9 Å². The summed E-state index contributed by atoms with van der Waals surface area (Å²) in [6.45, 7) is 0. The minimum Gasteiger partial charge on any atom is -0.299 e. The van der Waals surface area contributed by atoms with Crippen LogP contribution in [0.2, 0.25) is 0 Å². The summed E-state index contributed by atoms with van der Waals surface area (Å²) in [5.41, 5.74) is 0.591. The third-order valence-corrected chi connectivity index (χ3v) is 3.82. The molecule has 1 aromatic rings. The monoisotopic (exact) mass is 261 g/mol. The molecule has 2 rings (SSSR count). The van der Waals surface area contributed by atoms with E-state index in [4.69, 9.17) is 0 Å². The first-order valence-electron chi connectivity index (χ1n) is 6.91. The average molecular weight is 261 g/mol. The van der Waals surface area contributed by atoms with Crippen LogP contribution < -0.4 is 0 Å². The number of hydrogen-bond donors (Lipinski definition) is 0. The van der Waals surface area contributed by atoms with Crippen molar-refractivity contribution in [1.29, 1.82) is 0 Å². The van der Waals surface area contributed by atoms with Crippen LogP contribution in [0.4, 0.5) is 5.69 Å². The SMILES string of the molecule is O=C(Cc1ccccc1[N+](=O)[O-])CC1CCCCC1. The van der Waals surface area contributed by atoms with E-state index in [1.165, 1.54) is 25.3 Å². The second kappa shape index (κ2) is 6.45. The van der Waals surface area contributed by atoms with Gasteiger partial charge in [-0.3, -0.25) is 14.9 Å². The van der Waals surface area contributed by atoms with Crippen LogP contribution in [0.5, 0.6) is 0 Å². The normalized spacial score (nSPS) is 16.2. The van der Waals surface area contributed by atoms with Crippen molar-refractivity contribution >= 4 is 11.5 Å². The first-order valence-corrected chi connectivity index (χ1v) is 6.91. The van der Waals surface area contributed by atoms with E-state index in [-0.39, 0.29) is 17.9 Å². The lowest BCUT2D eigenvalue weighted by molar-refractivity contribution is -0.385. The highest BCUT2D eigenvalue weighted by atomic mass is 16.6. The van der Waals surface area contributed by atoms with Crippen LogP contribution in [0, 0.1) is 16.0 Å². The van der Waals surface area contributed by atoms with E-state index in [0.717, 1.165) is 12.8 Å². The molecular formula is C15H19NO3. The Hall–Kier alpha value is -1.71. The van der Waals surface area contributed by atoms with E-state index in [2.05, 4.69) is 0 Å². The van der Waals surface area contributed by atoms with Gasteiger partial charge in [0.1, 0.15) is 5.78 Å². The Morgan fingerprint density at radius 1 is 1.21 bits per heavy atom. The fourth-order valence-corrected chi connectivity index (χ4v) is 2.84. The van der Waals surface area contributed by atoms with Crippen molar-refractivity contribution in [3.8, 4) is 0 Å². The Balaban J connectivity index is 1.96. The summed E-state index contributed by atoms with van der Waals surface area (Å²) in [5, 5.41) is 10.9. The van der Waals surface area contributed by atoms with Crippen molar-refractivity contribution < 1.29 is 9.72 Å². The zero-order valence-electron chi connectivity index (χ0n) is 11.0. The number of nitro groups is 1. The molecule has 4 nitrogen and oxygen atoms in total. The van der Waals surface area contributed by atoms with E-state index < -0.39 is 4.92 Å². The highest BCUT2D eigenvalue weighted by molar-refractivity contribution is 5.82. The van der Waals surface area contributed by atoms with E-state index in [9.17, 15) is 14.9 Å². The Morgan fingerprint density at radius 3 is 2.58 bits per heavy atom. The Bertz CT molecular complexity index is 464. The quantitative estimate of drug-likeness (QED) is 0.600. The number of carbonyl (C=O) groups excluding carboxylic acids is 1. The Labute approximate surface area is 113 Å².